The normalized spacial score (nSPS) is 13.4. The third-order valence-electron chi connectivity index (χ3n) is 2.60. The van der Waals surface area contributed by atoms with Crippen LogP contribution in [0.15, 0.2) is 30.3 Å². The first-order chi connectivity index (χ1) is 8.78. The van der Waals surface area contributed by atoms with E-state index in [9.17, 15) is 4.79 Å². The van der Waals surface area contributed by atoms with Crippen LogP contribution in [0.4, 0.5) is 4.79 Å². The number of ether oxygens (including phenoxy) is 1. The first-order valence-electron chi connectivity index (χ1n) is 6.90. The number of carbonyl (C=O) groups excluding carboxylic acids is 1. The molecule has 1 aromatic rings. The summed E-state index contributed by atoms with van der Waals surface area (Å²) in [6.45, 7) is 11.4. The summed E-state index contributed by atoms with van der Waals surface area (Å²) in [5.74, 6) is 0.450. The Morgan fingerprint density at radius 3 is 2.26 bits per heavy atom. The van der Waals surface area contributed by atoms with Crippen LogP contribution in [-0.2, 0) is 11.3 Å². The molecule has 106 valence electrons. The molecule has 0 aliphatic rings. The molecular formula is C16H26NO2+. The Balaban J connectivity index is 2.74. The van der Waals surface area contributed by atoms with Crippen LogP contribution in [-0.4, -0.2) is 18.2 Å². The molecule has 1 amide bonds. The van der Waals surface area contributed by atoms with Crippen molar-refractivity contribution in [1.82, 2.24) is 0 Å². The molecule has 3 nitrogen and oxygen atoms in total. The number of hydrogen-bond acceptors (Lipinski definition) is 2. The molecule has 19 heavy (non-hydrogen) atoms. The van der Waals surface area contributed by atoms with Crippen molar-refractivity contribution in [2.75, 3.05) is 6.54 Å². The third-order valence-corrected chi connectivity index (χ3v) is 2.60. The molecule has 0 fully saturated rings. The molecule has 1 aromatic carbocycles. The lowest BCUT2D eigenvalue weighted by atomic mass is 10.1. The van der Waals surface area contributed by atoms with Crippen LogP contribution < -0.4 is 4.90 Å². The molecule has 1 atom stereocenters. The van der Waals surface area contributed by atoms with Crippen LogP contribution in [0.25, 0.3) is 0 Å². The van der Waals surface area contributed by atoms with Gasteiger partial charge in [0.15, 0.2) is 0 Å². The first-order valence-corrected chi connectivity index (χ1v) is 6.90. The van der Waals surface area contributed by atoms with Gasteiger partial charge in [-0.2, -0.15) is 4.79 Å². The number of nitrogens with one attached hydrogen (secondary N) is 1. The lowest BCUT2D eigenvalue weighted by molar-refractivity contribution is -0.842. The van der Waals surface area contributed by atoms with Gasteiger partial charge in [0.05, 0.1) is 6.54 Å². The number of rotatable bonds is 4. The molecule has 1 unspecified atom stereocenters. The van der Waals surface area contributed by atoms with Crippen molar-refractivity contribution in [3.63, 3.8) is 0 Å². The van der Waals surface area contributed by atoms with Crippen molar-refractivity contribution in [3.8, 4) is 0 Å². The van der Waals surface area contributed by atoms with Crippen molar-refractivity contribution >= 4 is 6.09 Å². The standard InChI is InChI=1S/C16H25NO2/c1-13(2)11-17(15(18)19-16(3,4)5)12-14-9-7-6-8-10-14/h6-10,13H,11-12H2,1-5H3/p+1. The Morgan fingerprint density at radius 1 is 1.21 bits per heavy atom. The van der Waals surface area contributed by atoms with Gasteiger partial charge < -0.3 is 4.74 Å². The first kappa shape index (κ1) is 15.7. The molecule has 0 bridgehead atoms. The highest BCUT2D eigenvalue weighted by atomic mass is 16.6. The topological polar surface area (TPSA) is 30.7 Å². The Kier molecular flexibility index (Phi) is 5.55. The van der Waals surface area contributed by atoms with E-state index in [1.807, 2.05) is 51.1 Å². The van der Waals surface area contributed by atoms with Gasteiger partial charge in [-0.05, 0) is 20.8 Å². The molecule has 0 radical (unpaired) electrons. The summed E-state index contributed by atoms with van der Waals surface area (Å²) in [6, 6.07) is 10.1. The van der Waals surface area contributed by atoms with E-state index in [4.69, 9.17) is 4.74 Å². The van der Waals surface area contributed by atoms with Crippen molar-refractivity contribution < 1.29 is 14.4 Å². The van der Waals surface area contributed by atoms with E-state index in [2.05, 4.69) is 13.8 Å². The maximum atomic E-state index is 12.2. The van der Waals surface area contributed by atoms with Crippen molar-refractivity contribution in [1.29, 1.82) is 0 Å². The minimum absolute atomic E-state index is 0.162. The van der Waals surface area contributed by atoms with Crippen LogP contribution >= 0.6 is 0 Å². The van der Waals surface area contributed by atoms with E-state index in [0.717, 1.165) is 17.0 Å². The zero-order valence-electron chi connectivity index (χ0n) is 12.7. The number of amides is 1. The van der Waals surface area contributed by atoms with E-state index >= 15 is 0 Å². The average Bonchev–Trinajstić information content (AvgIpc) is 2.26. The lowest BCUT2D eigenvalue weighted by Gasteiger charge is -2.24. The largest absolute Gasteiger partial charge is 0.515 e. The summed E-state index contributed by atoms with van der Waals surface area (Å²) in [7, 11) is 0. The molecule has 1 rings (SSSR count). The van der Waals surface area contributed by atoms with Gasteiger partial charge >= 0.3 is 6.09 Å². The fourth-order valence-corrected chi connectivity index (χ4v) is 1.91. The van der Waals surface area contributed by atoms with Crippen LogP contribution in [0.3, 0.4) is 0 Å². The number of benzene rings is 1. The summed E-state index contributed by atoms with van der Waals surface area (Å²) < 4.78 is 5.50. The second-order valence-electron chi connectivity index (χ2n) is 6.37. The van der Waals surface area contributed by atoms with Crippen LogP contribution in [0.5, 0.6) is 0 Å². The number of quaternary nitrogens is 1. The van der Waals surface area contributed by atoms with E-state index < -0.39 is 5.60 Å². The second kappa shape index (κ2) is 6.71. The molecule has 3 heteroatoms. The van der Waals surface area contributed by atoms with E-state index in [1.165, 1.54) is 0 Å². The van der Waals surface area contributed by atoms with Crippen LogP contribution in [0.2, 0.25) is 0 Å². The minimum Gasteiger partial charge on any atom is -0.414 e. The molecule has 0 saturated heterocycles. The van der Waals surface area contributed by atoms with Crippen LogP contribution in [0, 0.1) is 5.92 Å². The SMILES string of the molecule is CC(C)C[NH+](Cc1ccccc1)C(=O)OC(C)(C)C. The third kappa shape index (κ3) is 6.39. The second-order valence-corrected chi connectivity index (χ2v) is 6.37. The summed E-state index contributed by atoms with van der Waals surface area (Å²) in [5.41, 5.74) is 0.722. The van der Waals surface area contributed by atoms with Crippen LogP contribution in [0.1, 0.15) is 40.2 Å². The van der Waals surface area contributed by atoms with Crippen molar-refractivity contribution in [3.05, 3.63) is 35.9 Å². The average molecular weight is 264 g/mol. The van der Waals surface area contributed by atoms with Gasteiger partial charge in [0.1, 0.15) is 12.1 Å². The highest BCUT2D eigenvalue weighted by Gasteiger charge is 2.27. The Labute approximate surface area is 116 Å². The van der Waals surface area contributed by atoms with Gasteiger partial charge in [-0.1, -0.05) is 44.2 Å². The van der Waals surface area contributed by atoms with Gasteiger partial charge in [0.2, 0.25) is 0 Å². The summed E-state index contributed by atoms with van der Waals surface area (Å²) >= 11 is 0. The predicted molar refractivity (Wildman–Crippen MR) is 77.0 cm³/mol. The summed E-state index contributed by atoms with van der Waals surface area (Å²) in [6.07, 6.45) is -0.162. The Hall–Kier alpha value is -1.35. The van der Waals surface area contributed by atoms with Gasteiger partial charge in [-0.25, -0.2) is 4.90 Å². The fraction of sp³-hybridized carbons (Fsp3) is 0.562. The molecule has 0 spiro atoms. The lowest BCUT2D eigenvalue weighted by Crippen LogP contribution is -3.14. The number of hydrogen-bond donors (Lipinski definition) is 1. The van der Waals surface area contributed by atoms with E-state index in [1.54, 1.807) is 0 Å². The highest BCUT2D eigenvalue weighted by molar-refractivity contribution is 5.57. The maximum absolute atomic E-state index is 12.2. The van der Waals surface area contributed by atoms with Crippen molar-refractivity contribution in [2.45, 2.75) is 46.8 Å². The van der Waals surface area contributed by atoms with E-state index in [0.29, 0.717) is 12.5 Å². The number of alkyl carbamates (subject to hydrolysis) is 2. The smallest absolute Gasteiger partial charge is 0.414 e. The monoisotopic (exact) mass is 264 g/mol. The molecule has 0 aliphatic heterocycles. The quantitative estimate of drug-likeness (QED) is 0.906. The van der Waals surface area contributed by atoms with Crippen molar-refractivity contribution in [2.24, 2.45) is 5.92 Å². The Morgan fingerprint density at radius 2 is 1.79 bits per heavy atom. The van der Waals surface area contributed by atoms with Gasteiger partial charge in [-0.3, -0.25) is 0 Å². The Bertz CT molecular complexity index is 393. The van der Waals surface area contributed by atoms with Gasteiger partial charge in [0.25, 0.3) is 0 Å². The fourth-order valence-electron chi connectivity index (χ4n) is 1.91. The zero-order valence-corrected chi connectivity index (χ0v) is 12.7. The highest BCUT2D eigenvalue weighted by Crippen LogP contribution is 2.06. The van der Waals surface area contributed by atoms with E-state index in [-0.39, 0.29) is 6.09 Å². The zero-order chi connectivity index (χ0) is 14.5. The minimum atomic E-state index is -0.435. The molecule has 0 aromatic heterocycles. The molecular weight excluding hydrogens is 238 g/mol. The molecule has 0 aliphatic carbocycles. The molecule has 1 N–H and O–H groups in total. The molecule has 0 saturated carbocycles. The predicted octanol–water partition coefficient (Wildman–Crippen LogP) is 2.66. The number of carbonyl (C=O) groups is 1. The van der Waals surface area contributed by atoms with Gasteiger partial charge in [0, 0.05) is 11.5 Å². The van der Waals surface area contributed by atoms with Gasteiger partial charge in [-0.15, -0.1) is 0 Å². The molecule has 0 heterocycles. The maximum Gasteiger partial charge on any atom is 0.515 e. The summed E-state index contributed by atoms with van der Waals surface area (Å²) in [5, 5.41) is 0. The summed E-state index contributed by atoms with van der Waals surface area (Å²) in [4.78, 5) is 13.1.